The highest BCUT2D eigenvalue weighted by Crippen LogP contribution is 2.40. The van der Waals surface area contributed by atoms with Crippen LogP contribution in [0.25, 0.3) is 10.9 Å². The van der Waals surface area contributed by atoms with Gasteiger partial charge in [-0.1, -0.05) is 24.3 Å². The minimum absolute atomic E-state index is 0.00986. The lowest BCUT2D eigenvalue weighted by Crippen LogP contribution is -2.58. The molecular weight excluding hydrogens is 328 g/mol. The maximum Gasteiger partial charge on any atom is 0.272 e. The third-order valence-corrected chi connectivity index (χ3v) is 5.69. The van der Waals surface area contributed by atoms with Gasteiger partial charge in [-0.25, -0.2) is 4.98 Å². The Kier molecular flexibility index (Phi) is 4.92. The highest BCUT2D eigenvalue weighted by molar-refractivity contribution is 5.95. The number of hydrogen-bond acceptors (Lipinski definition) is 4. The van der Waals surface area contributed by atoms with Crippen molar-refractivity contribution in [2.75, 3.05) is 32.9 Å². The SMILES string of the molecule is CCOC[C@@]12CCCO[C@H]1CCN(C(=O)c1ccc3ccccc3n1)C2. The van der Waals surface area contributed by atoms with Crippen molar-refractivity contribution in [3.05, 3.63) is 42.1 Å². The minimum atomic E-state index is -0.0843. The summed E-state index contributed by atoms with van der Waals surface area (Å²) >= 11 is 0. The maximum atomic E-state index is 13.1. The van der Waals surface area contributed by atoms with Crippen molar-refractivity contribution in [2.45, 2.75) is 32.3 Å². The number of hydrogen-bond donors (Lipinski definition) is 0. The molecule has 0 spiro atoms. The van der Waals surface area contributed by atoms with Gasteiger partial charge in [0.2, 0.25) is 0 Å². The van der Waals surface area contributed by atoms with Gasteiger partial charge in [-0.3, -0.25) is 4.79 Å². The average molecular weight is 354 g/mol. The fourth-order valence-electron chi connectivity index (χ4n) is 4.33. The normalized spacial score (nSPS) is 25.9. The molecule has 0 radical (unpaired) electrons. The van der Waals surface area contributed by atoms with Crippen LogP contribution in [0.4, 0.5) is 0 Å². The van der Waals surface area contributed by atoms with Gasteiger partial charge in [-0.05, 0) is 38.3 Å². The number of carbonyl (C=O) groups is 1. The van der Waals surface area contributed by atoms with Gasteiger partial charge < -0.3 is 14.4 Å². The van der Waals surface area contributed by atoms with Crippen molar-refractivity contribution in [2.24, 2.45) is 5.41 Å². The number of pyridine rings is 1. The molecule has 1 amide bonds. The second kappa shape index (κ2) is 7.33. The van der Waals surface area contributed by atoms with Crippen molar-refractivity contribution in [1.82, 2.24) is 9.88 Å². The average Bonchev–Trinajstić information content (AvgIpc) is 2.71. The fourth-order valence-corrected chi connectivity index (χ4v) is 4.33. The molecule has 138 valence electrons. The van der Waals surface area contributed by atoms with Crippen LogP contribution < -0.4 is 0 Å². The molecule has 1 aromatic carbocycles. The Hall–Kier alpha value is -1.98. The Morgan fingerprint density at radius 2 is 2.23 bits per heavy atom. The van der Waals surface area contributed by atoms with Gasteiger partial charge in [0.25, 0.3) is 5.91 Å². The molecular formula is C21H26N2O3. The van der Waals surface area contributed by atoms with Gasteiger partial charge in [0.15, 0.2) is 0 Å². The number of aromatic nitrogens is 1. The third-order valence-electron chi connectivity index (χ3n) is 5.69. The predicted molar refractivity (Wildman–Crippen MR) is 100 cm³/mol. The second-order valence-electron chi connectivity index (χ2n) is 7.37. The molecule has 2 atom stereocenters. The van der Waals surface area contributed by atoms with Crippen molar-refractivity contribution in [3.8, 4) is 0 Å². The van der Waals surface area contributed by atoms with E-state index in [4.69, 9.17) is 9.47 Å². The summed E-state index contributed by atoms with van der Waals surface area (Å²) in [5.41, 5.74) is 1.29. The molecule has 2 saturated heterocycles. The number of fused-ring (bicyclic) bond motifs is 2. The number of benzene rings is 1. The Bertz CT molecular complexity index is 794. The molecule has 2 aliphatic heterocycles. The predicted octanol–water partition coefficient (Wildman–Crippen LogP) is 3.28. The van der Waals surface area contributed by atoms with Crippen LogP contribution in [-0.4, -0.2) is 54.8 Å². The Balaban J connectivity index is 1.57. The van der Waals surface area contributed by atoms with Gasteiger partial charge in [0, 0.05) is 37.1 Å². The van der Waals surface area contributed by atoms with Gasteiger partial charge in [0.1, 0.15) is 5.69 Å². The van der Waals surface area contributed by atoms with E-state index in [9.17, 15) is 4.79 Å². The lowest BCUT2D eigenvalue weighted by Gasteiger charge is -2.50. The van der Waals surface area contributed by atoms with Crippen LogP contribution in [0.15, 0.2) is 36.4 Å². The molecule has 5 nitrogen and oxygen atoms in total. The van der Waals surface area contributed by atoms with E-state index in [1.54, 1.807) is 0 Å². The van der Waals surface area contributed by atoms with Gasteiger partial charge in [-0.15, -0.1) is 0 Å². The Morgan fingerprint density at radius 1 is 1.35 bits per heavy atom. The fraction of sp³-hybridized carbons (Fsp3) is 0.524. The summed E-state index contributed by atoms with van der Waals surface area (Å²) in [6.45, 7) is 5.58. The van der Waals surface area contributed by atoms with E-state index in [0.29, 0.717) is 32.0 Å². The van der Waals surface area contributed by atoms with Crippen LogP contribution >= 0.6 is 0 Å². The van der Waals surface area contributed by atoms with Crippen LogP contribution in [0.5, 0.6) is 0 Å². The van der Waals surface area contributed by atoms with Crippen molar-refractivity contribution < 1.29 is 14.3 Å². The Labute approximate surface area is 154 Å². The lowest BCUT2D eigenvalue weighted by atomic mass is 9.73. The molecule has 3 heterocycles. The number of likely N-dealkylation sites (tertiary alicyclic amines) is 1. The van der Waals surface area contributed by atoms with E-state index in [1.165, 1.54) is 0 Å². The highest BCUT2D eigenvalue weighted by Gasteiger charge is 2.47. The Morgan fingerprint density at radius 3 is 3.12 bits per heavy atom. The van der Waals surface area contributed by atoms with Crippen LogP contribution in [0.1, 0.15) is 36.7 Å². The van der Waals surface area contributed by atoms with Gasteiger partial charge in [-0.2, -0.15) is 0 Å². The summed E-state index contributed by atoms with van der Waals surface area (Å²) in [5.74, 6) is 0.00986. The molecule has 1 aromatic heterocycles. The highest BCUT2D eigenvalue weighted by atomic mass is 16.5. The van der Waals surface area contributed by atoms with Crippen molar-refractivity contribution in [3.63, 3.8) is 0 Å². The van der Waals surface area contributed by atoms with E-state index in [0.717, 1.165) is 36.8 Å². The third kappa shape index (κ3) is 3.21. The first kappa shape index (κ1) is 17.4. The second-order valence-corrected chi connectivity index (χ2v) is 7.37. The number of nitrogens with zero attached hydrogens (tertiary/aromatic N) is 2. The number of carbonyl (C=O) groups excluding carboxylic acids is 1. The van der Waals surface area contributed by atoms with Gasteiger partial charge >= 0.3 is 0 Å². The zero-order valence-electron chi connectivity index (χ0n) is 15.3. The first-order valence-corrected chi connectivity index (χ1v) is 9.56. The van der Waals surface area contributed by atoms with E-state index in [2.05, 4.69) is 4.98 Å². The first-order valence-electron chi connectivity index (χ1n) is 9.56. The van der Waals surface area contributed by atoms with Crippen LogP contribution in [-0.2, 0) is 9.47 Å². The minimum Gasteiger partial charge on any atom is -0.381 e. The molecule has 0 saturated carbocycles. The standard InChI is InChI=1S/C21H26N2O3/c1-2-25-15-21-11-5-13-26-19(21)10-12-23(14-21)20(24)18-9-8-16-6-3-4-7-17(16)22-18/h3-4,6-9,19H,2,5,10-15H2,1H3/t19-,21-/m0/s1. The van der Waals surface area contributed by atoms with Crippen LogP contribution in [0.2, 0.25) is 0 Å². The topological polar surface area (TPSA) is 51.7 Å². The maximum absolute atomic E-state index is 13.1. The van der Waals surface area contributed by atoms with Crippen molar-refractivity contribution in [1.29, 1.82) is 0 Å². The molecule has 0 bridgehead atoms. The molecule has 4 rings (SSSR count). The van der Waals surface area contributed by atoms with E-state index < -0.39 is 0 Å². The summed E-state index contributed by atoms with van der Waals surface area (Å²) < 4.78 is 11.8. The number of amides is 1. The quantitative estimate of drug-likeness (QED) is 0.845. The van der Waals surface area contributed by atoms with Crippen molar-refractivity contribution >= 4 is 16.8 Å². The molecule has 2 fully saturated rings. The molecule has 0 N–H and O–H groups in total. The number of para-hydroxylation sites is 1. The van der Waals surface area contributed by atoms with Crippen LogP contribution in [0, 0.1) is 5.41 Å². The van der Waals surface area contributed by atoms with E-state index >= 15 is 0 Å². The summed E-state index contributed by atoms with van der Waals surface area (Å²) in [6, 6.07) is 11.7. The summed E-state index contributed by atoms with van der Waals surface area (Å²) in [6.07, 6.45) is 3.13. The molecule has 0 aliphatic carbocycles. The molecule has 0 unspecified atom stereocenters. The first-order chi connectivity index (χ1) is 12.7. The summed E-state index contributed by atoms with van der Waals surface area (Å²) in [7, 11) is 0. The van der Waals surface area contributed by atoms with Crippen LogP contribution in [0.3, 0.4) is 0 Å². The number of rotatable bonds is 4. The largest absolute Gasteiger partial charge is 0.381 e. The molecule has 26 heavy (non-hydrogen) atoms. The van der Waals surface area contributed by atoms with Gasteiger partial charge in [0.05, 0.1) is 18.2 Å². The number of piperidine rings is 1. The lowest BCUT2D eigenvalue weighted by molar-refractivity contribution is -0.146. The summed E-state index contributed by atoms with van der Waals surface area (Å²) in [4.78, 5) is 19.6. The molecule has 2 aliphatic rings. The molecule has 5 heteroatoms. The zero-order valence-corrected chi connectivity index (χ0v) is 15.3. The van der Waals surface area contributed by atoms with E-state index in [1.807, 2.05) is 48.2 Å². The monoisotopic (exact) mass is 354 g/mol. The van der Waals surface area contributed by atoms with E-state index in [-0.39, 0.29) is 17.4 Å². The number of ether oxygens (including phenoxy) is 2. The zero-order chi connectivity index (χ0) is 18.0. The smallest absolute Gasteiger partial charge is 0.272 e. The molecule has 2 aromatic rings. The summed E-state index contributed by atoms with van der Waals surface area (Å²) in [5, 5.41) is 1.05.